The Morgan fingerprint density at radius 2 is 1.83 bits per heavy atom. The van der Waals surface area contributed by atoms with E-state index in [9.17, 15) is 0 Å². The Labute approximate surface area is 112 Å². The zero-order valence-electron chi connectivity index (χ0n) is 10.3. The van der Waals surface area contributed by atoms with Crippen LogP contribution < -0.4 is 15.8 Å². The molecule has 0 aliphatic carbocycles. The van der Waals surface area contributed by atoms with Crippen molar-refractivity contribution in [1.29, 1.82) is 0 Å². The number of ether oxygens (including phenoxy) is 1. The van der Waals surface area contributed by atoms with Crippen LogP contribution in [0.25, 0.3) is 0 Å². The fourth-order valence-electron chi connectivity index (χ4n) is 1.65. The smallest absolute Gasteiger partial charge is 0.121 e. The van der Waals surface area contributed by atoms with Gasteiger partial charge in [-0.25, -0.2) is 0 Å². The second-order valence-corrected chi connectivity index (χ2v) is 4.47. The van der Waals surface area contributed by atoms with Crippen molar-refractivity contribution in [2.45, 2.75) is 6.92 Å². The van der Waals surface area contributed by atoms with Crippen molar-refractivity contribution in [1.82, 2.24) is 0 Å². The van der Waals surface area contributed by atoms with Gasteiger partial charge in [0.2, 0.25) is 0 Å². The molecule has 0 radical (unpaired) electrons. The van der Waals surface area contributed by atoms with Crippen LogP contribution in [0.3, 0.4) is 0 Å². The maximum Gasteiger partial charge on any atom is 0.121 e. The van der Waals surface area contributed by atoms with Crippen LogP contribution in [0.15, 0.2) is 36.4 Å². The van der Waals surface area contributed by atoms with Crippen LogP contribution in [-0.4, -0.2) is 7.11 Å². The summed E-state index contributed by atoms with van der Waals surface area (Å²) in [6, 6.07) is 11.3. The fraction of sp³-hybridized carbons (Fsp3) is 0.143. The van der Waals surface area contributed by atoms with Crippen LogP contribution in [-0.2, 0) is 0 Å². The first-order valence-corrected chi connectivity index (χ1v) is 5.94. The van der Waals surface area contributed by atoms with Gasteiger partial charge in [0, 0.05) is 6.07 Å². The lowest BCUT2D eigenvalue weighted by Gasteiger charge is -2.12. The summed E-state index contributed by atoms with van der Waals surface area (Å²) in [6.45, 7) is 2.00. The molecule has 0 atom stereocenters. The summed E-state index contributed by atoms with van der Waals surface area (Å²) in [7, 11) is 1.61. The summed E-state index contributed by atoms with van der Waals surface area (Å²) in [5, 5.41) is 3.88. The second kappa shape index (κ2) is 5.19. The highest BCUT2D eigenvalue weighted by molar-refractivity contribution is 6.33. The first-order valence-electron chi connectivity index (χ1n) is 5.57. The molecule has 3 nitrogen and oxygen atoms in total. The number of benzene rings is 2. The predicted molar refractivity (Wildman–Crippen MR) is 76.9 cm³/mol. The van der Waals surface area contributed by atoms with E-state index in [1.165, 1.54) is 0 Å². The maximum atomic E-state index is 6.16. The molecule has 0 aliphatic rings. The molecule has 2 aromatic carbocycles. The van der Waals surface area contributed by atoms with E-state index >= 15 is 0 Å². The van der Waals surface area contributed by atoms with Crippen molar-refractivity contribution in [3.05, 3.63) is 47.0 Å². The highest BCUT2D eigenvalue weighted by atomic mass is 35.5. The van der Waals surface area contributed by atoms with Crippen molar-refractivity contribution in [3.8, 4) is 5.75 Å². The number of nitrogen functional groups attached to an aromatic ring is 1. The van der Waals surface area contributed by atoms with E-state index in [1.807, 2.05) is 37.3 Å². The molecule has 3 N–H and O–H groups in total. The third-order valence-electron chi connectivity index (χ3n) is 2.65. The number of methoxy groups -OCH3 is 1. The SMILES string of the molecule is COc1ccc(Nc2ccc(C)cc2Cl)c(N)c1. The molecule has 0 heterocycles. The minimum absolute atomic E-state index is 0.617. The molecule has 4 heteroatoms. The lowest BCUT2D eigenvalue weighted by Crippen LogP contribution is -1.97. The molecule has 2 aromatic rings. The number of rotatable bonds is 3. The molecule has 0 unspecified atom stereocenters. The van der Waals surface area contributed by atoms with E-state index in [0.29, 0.717) is 10.7 Å². The summed E-state index contributed by atoms with van der Waals surface area (Å²) in [4.78, 5) is 0. The Kier molecular flexibility index (Phi) is 3.63. The number of nitrogens with one attached hydrogen (secondary N) is 1. The normalized spacial score (nSPS) is 10.2. The minimum Gasteiger partial charge on any atom is -0.497 e. The molecule has 0 aromatic heterocycles. The standard InChI is InChI=1S/C14H15ClN2O/c1-9-3-5-13(11(15)7-9)17-14-6-4-10(18-2)8-12(14)16/h3-8,17H,16H2,1-2H3. The number of nitrogens with two attached hydrogens (primary N) is 1. The fourth-order valence-corrected chi connectivity index (χ4v) is 1.93. The summed E-state index contributed by atoms with van der Waals surface area (Å²) in [5.41, 5.74) is 9.31. The van der Waals surface area contributed by atoms with Crippen molar-refractivity contribution in [2.24, 2.45) is 0 Å². The van der Waals surface area contributed by atoms with E-state index in [2.05, 4.69) is 5.32 Å². The van der Waals surface area contributed by atoms with Gasteiger partial charge in [-0.3, -0.25) is 0 Å². The minimum atomic E-state index is 0.617. The number of aryl methyl sites for hydroxylation is 1. The van der Waals surface area contributed by atoms with Gasteiger partial charge in [-0.1, -0.05) is 17.7 Å². The van der Waals surface area contributed by atoms with Crippen LogP contribution in [0.2, 0.25) is 5.02 Å². The summed E-state index contributed by atoms with van der Waals surface area (Å²) in [5.74, 6) is 0.730. The van der Waals surface area contributed by atoms with Gasteiger partial charge < -0.3 is 15.8 Å². The number of hydrogen-bond acceptors (Lipinski definition) is 3. The molecule has 0 spiro atoms. The quantitative estimate of drug-likeness (QED) is 0.823. The van der Waals surface area contributed by atoms with Crippen molar-refractivity contribution in [2.75, 3.05) is 18.2 Å². The highest BCUT2D eigenvalue weighted by Crippen LogP contribution is 2.30. The van der Waals surface area contributed by atoms with Crippen LogP contribution in [0, 0.1) is 6.92 Å². The van der Waals surface area contributed by atoms with E-state index in [1.54, 1.807) is 13.2 Å². The Bertz CT molecular complexity index is 570. The van der Waals surface area contributed by atoms with Crippen molar-refractivity contribution < 1.29 is 4.74 Å². The van der Waals surface area contributed by atoms with Gasteiger partial charge in [-0.2, -0.15) is 0 Å². The molecule has 2 rings (SSSR count). The molecule has 0 saturated heterocycles. The zero-order valence-corrected chi connectivity index (χ0v) is 11.1. The molecule has 0 aliphatic heterocycles. The van der Waals surface area contributed by atoms with E-state index in [4.69, 9.17) is 22.1 Å². The monoisotopic (exact) mass is 262 g/mol. The number of halogens is 1. The summed E-state index contributed by atoms with van der Waals surface area (Å²) >= 11 is 6.16. The Balaban J connectivity index is 2.28. The molecule has 18 heavy (non-hydrogen) atoms. The number of hydrogen-bond donors (Lipinski definition) is 2. The largest absolute Gasteiger partial charge is 0.497 e. The van der Waals surface area contributed by atoms with Crippen LogP contribution in [0.1, 0.15) is 5.56 Å². The molecule has 0 bridgehead atoms. The summed E-state index contributed by atoms with van der Waals surface area (Å²) < 4.78 is 5.11. The third kappa shape index (κ3) is 2.68. The van der Waals surface area contributed by atoms with Gasteiger partial charge in [0.05, 0.1) is 29.2 Å². The Morgan fingerprint density at radius 3 is 2.44 bits per heavy atom. The maximum absolute atomic E-state index is 6.16. The van der Waals surface area contributed by atoms with Gasteiger partial charge in [-0.05, 0) is 36.8 Å². The highest BCUT2D eigenvalue weighted by Gasteiger charge is 2.04. The van der Waals surface area contributed by atoms with Crippen LogP contribution >= 0.6 is 11.6 Å². The van der Waals surface area contributed by atoms with Crippen LogP contribution in [0.5, 0.6) is 5.75 Å². The van der Waals surface area contributed by atoms with Crippen LogP contribution in [0.4, 0.5) is 17.1 Å². The second-order valence-electron chi connectivity index (χ2n) is 4.06. The zero-order chi connectivity index (χ0) is 13.1. The Hall–Kier alpha value is -1.87. The van der Waals surface area contributed by atoms with E-state index < -0.39 is 0 Å². The molecule has 0 amide bonds. The molecule has 0 saturated carbocycles. The van der Waals surface area contributed by atoms with Gasteiger partial charge in [0.1, 0.15) is 5.75 Å². The van der Waals surface area contributed by atoms with Gasteiger partial charge in [0.15, 0.2) is 0 Å². The lowest BCUT2D eigenvalue weighted by atomic mass is 10.2. The molecular formula is C14H15ClN2O. The van der Waals surface area contributed by atoms with E-state index in [0.717, 1.165) is 22.7 Å². The van der Waals surface area contributed by atoms with Gasteiger partial charge >= 0.3 is 0 Å². The average molecular weight is 263 g/mol. The summed E-state index contributed by atoms with van der Waals surface area (Å²) in [6.07, 6.45) is 0. The van der Waals surface area contributed by atoms with Crippen molar-refractivity contribution in [3.63, 3.8) is 0 Å². The molecule has 94 valence electrons. The lowest BCUT2D eigenvalue weighted by molar-refractivity contribution is 0.415. The first-order chi connectivity index (χ1) is 8.60. The molecule has 0 fully saturated rings. The Morgan fingerprint density at radius 1 is 1.11 bits per heavy atom. The topological polar surface area (TPSA) is 47.3 Å². The average Bonchev–Trinajstić information content (AvgIpc) is 2.34. The van der Waals surface area contributed by atoms with Gasteiger partial charge in [-0.15, -0.1) is 0 Å². The predicted octanol–water partition coefficient (Wildman–Crippen LogP) is 3.98. The molecular weight excluding hydrogens is 248 g/mol. The first kappa shape index (κ1) is 12.6. The van der Waals surface area contributed by atoms with Crippen molar-refractivity contribution >= 4 is 28.7 Å². The van der Waals surface area contributed by atoms with E-state index in [-0.39, 0.29) is 0 Å². The third-order valence-corrected chi connectivity index (χ3v) is 2.97. The number of anilines is 3. The van der Waals surface area contributed by atoms with Gasteiger partial charge in [0.25, 0.3) is 0 Å².